The lowest BCUT2D eigenvalue weighted by Crippen LogP contribution is -2.41. The van der Waals surface area contributed by atoms with Crippen molar-refractivity contribution in [1.82, 2.24) is 0 Å². The Hall–Kier alpha value is -2.14. The molecule has 1 aliphatic heterocycles. The van der Waals surface area contributed by atoms with Gasteiger partial charge in [-0.1, -0.05) is 40.2 Å². The molecule has 1 amide bonds. The number of nitrogens with zero attached hydrogens (tertiary/aromatic N) is 1. The molecular weight excluding hydrogens is 332 g/mol. The standard InChI is InChI=1S/C16H13BrN2O2/c17-12-5-3-4-11(8-12)15(20)9-19-10-16(21)18-13-6-1-2-7-14(13)19/h1-8H,9-10H2,(H,18,21). The van der Waals surface area contributed by atoms with Gasteiger partial charge in [-0.3, -0.25) is 9.59 Å². The average molecular weight is 345 g/mol. The first-order chi connectivity index (χ1) is 10.1. The number of hydrogen-bond acceptors (Lipinski definition) is 3. The van der Waals surface area contributed by atoms with Crippen LogP contribution < -0.4 is 10.2 Å². The molecule has 0 fully saturated rings. The van der Waals surface area contributed by atoms with Crippen molar-refractivity contribution in [2.24, 2.45) is 0 Å². The third kappa shape index (κ3) is 2.97. The number of hydrogen-bond donors (Lipinski definition) is 1. The van der Waals surface area contributed by atoms with Crippen LogP contribution in [0.1, 0.15) is 10.4 Å². The molecule has 0 aromatic heterocycles. The number of fused-ring (bicyclic) bond motifs is 1. The third-order valence-electron chi connectivity index (χ3n) is 3.33. The van der Waals surface area contributed by atoms with Gasteiger partial charge in [0.15, 0.2) is 5.78 Å². The molecule has 21 heavy (non-hydrogen) atoms. The summed E-state index contributed by atoms with van der Waals surface area (Å²) in [5.41, 5.74) is 2.25. The second kappa shape index (κ2) is 5.69. The summed E-state index contributed by atoms with van der Waals surface area (Å²) in [7, 11) is 0. The van der Waals surface area contributed by atoms with Gasteiger partial charge in [-0.25, -0.2) is 0 Å². The number of nitrogens with one attached hydrogen (secondary N) is 1. The summed E-state index contributed by atoms with van der Waals surface area (Å²) < 4.78 is 0.866. The van der Waals surface area contributed by atoms with E-state index in [-0.39, 0.29) is 24.8 Å². The average Bonchev–Trinajstić information content (AvgIpc) is 2.47. The van der Waals surface area contributed by atoms with Crippen LogP contribution in [0.25, 0.3) is 0 Å². The summed E-state index contributed by atoms with van der Waals surface area (Å²) in [6.45, 7) is 0.373. The number of Topliss-reactive ketones (excluding diaryl/α,β-unsaturated/α-hetero) is 1. The number of anilines is 2. The summed E-state index contributed by atoms with van der Waals surface area (Å²) in [5, 5.41) is 2.81. The number of carbonyl (C=O) groups is 2. The van der Waals surface area contributed by atoms with Gasteiger partial charge >= 0.3 is 0 Å². The van der Waals surface area contributed by atoms with Crippen LogP contribution in [0.15, 0.2) is 53.0 Å². The van der Waals surface area contributed by atoms with Gasteiger partial charge in [0.05, 0.1) is 24.5 Å². The highest BCUT2D eigenvalue weighted by Crippen LogP contribution is 2.28. The van der Waals surface area contributed by atoms with Crippen LogP contribution in [-0.2, 0) is 4.79 Å². The van der Waals surface area contributed by atoms with Crippen LogP contribution >= 0.6 is 15.9 Å². The van der Waals surface area contributed by atoms with Crippen LogP contribution in [0.3, 0.4) is 0 Å². The Balaban J connectivity index is 1.85. The summed E-state index contributed by atoms with van der Waals surface area (Å²) in [5.74, 6) is -0.114. The van der Waals surface area contributed by atoms with Gasteiger partial charge in [0.1, 0.15) is 0 Å². The first-order valence-electron chi connectivity index (χ1n) is 6.56. The molecule has 4 nitrogen and oxygen atoms in total. The number of halogens is 1. The fourth-order valence-electron chi connectivity index (χ4n) is 2.37. The first kappa shape index (κ1) is 13.8. The van der Waals surface area contributed by atoms with Crippen molar-refractivity contribution < 1.29 is 9.59 Å². The van der Waals surface area contributed by atoms with E-state index in [1.807, 2.05) is 36.4 Å². The van der Waals surface area contributed by atoms with Gasteiger partial charge in [0, 0.05) is 10.0 Å². The number of para-hydroxylation sites is 2. The summed E-state index contributed by atoms with van der Waals surface area (Å²) in [6.07, 6.45) is 0. The minimum atomic E-state index is -0.101. The molecule has 0 unspecified atom stereocenters. The van der Waals surface area contributed by atoms with Gasteiger partial charge in [0.25, 0.3) is 0 Å². The molecule has 0 atom stereocenters. The lowest BCUT2D eigenvalue weighted by atomic mass is 10.1. The molecular formula is C16H13BrN2O2. The molecule has 0 saturated heterocycles. The zero-order valence-corrected chi connectivity index (χ0v) is 12.8. The van der Waals surface area contributed by atoms with Gasteiger partial charge < -0.3 is 10.2 Å². The van der Waals surface area contributed by atoms with E-state index in [1.54, 1.807) is 17.0 Å². The molecule has 0 bridgehead atoms. The Kier molecular flexibility index (Phi) is 3.75. The second-order valence-electron chi connectivity index (χ2n) is 4.85. The predicted molar refractivity (Wildman–Crippen MR) is 85.8 cm³/mol. The SMILES string of the molecule is O=C1CN(CC(=O)c2cccc(Br)c2)c2ccccc2N1. The number of rotatable bonds is 3. The second-order valence-corrected chi connectivity index (χ2v) is 5.77. The molecule has 2 aromatic rings. The molecule has 1 aliphatic rings. The number of ketones is 1. The maximum atomic E-state index is 12.4. The Labute approximate surface area is 130 Å². The lowest BCUT2D eigenvalue weighted by Gasteiger charge is -2.30. The van der Waals surface area contributed by atoms with E-state index in [2.05, 4.69) is 21.2 Å². The van der Waals surface area contributed by atoms with Crippen molar-refractivity contribution >= 4 is 39.0 Å². The first-order valence-corrected chi connectivity index (χ1v) is 7.35. The summed E-state index contributed by atoms with van der Waals surface area (Å²) in [4.78, 5) is 25.9. The summed E-state index contributed by atoms with van der Waals surface area (Å²) in [6, 6.07) is 14.8. The third-order valence-corrected chi connectivity index (χ3v) is 3.83. The predicted octanol–water partition coefficient (Wildman–Crippen LogP) is 3.09. The van der Waals surface area contributed by atoms with E-state index in [9.17, 15) is 9.59 Å². The molecule has 0 spiro atoms. The number of benzene rings is 2. The fourth-order valence-corrected chi connectivity index (χ4v) is 2.77. The van der Waals surface area contributed by atoms with Crippen molar-refractivity contribution in [3.05, 3.63) is 58.6 Å². The smallest absolute Gasteiger partial charge is 0.243 e. The van der Waals surface area contributed by atoms with Crippen molar-refractivity contribution in [1.29, 1.82) is 0 Å². The highest BCUT2D eigenvalue weighted by atomic mass is 79.9. The normalized spacial score (nSPS) is 13.6. The Morgan fingerprint density at radius 3 is 2.81 bits per heavy atom. The van der Waals surface area contributed by atoms with E-state index >= 15 is 0 Å². The quantitative estimate of drug-likeness (QED) is 0.870. The van der Waals surface area contributed by atoms with E-state index in [1.165, 1.54) is 0 Å². The molecule has 1 N–H and O–H groups in total. The van der Waals surface area contributed by atoms with Crippen LogP contribution in [0.4, 0.5) is 11.4 Å². The molecule has 106 valence electrons. The van der Waals surface area contributed by atoms with Crippen LogP contribution in [0.2, 0.25) is 0 Å². The molecule has 0 aliphatic carbocycles. The van der Waals surface area contributed by atoms with Crippen LogP contribution in [0, 0.1) is 0 Å². The molecule has 0 saturated carbocycles. The Bertz CT molecular complexity index is 715. The molecule has 2 aromatic carbocycles. The largest absolute Gasteiger partial charge is 0.353 e. The van der Waals surface area contributed by atoms with Crippen molar-refractivity contribution in [3.8, 4) is 0 Å². The Morgan fingerprint density at radius 1 is 1.19 bits per heavy atom. The molecule has 0 radical (unpaired) electrons. The molecule has 1 heterocycles. The van der Waals surface area contributed by atoms with Gasteiger partial charge in [-0.05, 0) is 24.3 Å². The van der Waals surface area contributed by atoms with E-state index in [0.29, 0.717) is 5.56 Å². The number of carbonyl (C=O) groups excluding carboxylic acids is 2. The number of amides is 1. The monoisotopic (exact) mass is 344 g/mol. The minimum absolute atomic E-state index is 0.0131. The van der Waals surface area contributed by atoms with Gasteiger partial charge in [-0.15, -0.1) is 0 Å². The fraction of sp³-hybridized carbons (Fsp3) is 0.125. The zero-order chi connectivity index (χ0) is 14.8. The van der Waals surface area contributed by atoms with Crippen LogP contribution in [-0.4, -0.2) is 24.8 Å². The van der Waals surface area contributed by atoms with Crippen molar-refractivity contribution in [3.63, 3.8) is 0 Å². The maximum absolute atomic E-state index is 12.4. The van der Waals surface area contributed by atoms with Gasteiger partial charge in [0.2, 0.25) is 5.91 Å². The topological polar surface area (TPSA) is 49.4 Å². The van der Waals surface area contributed by atoms with E-state index in [0.717, 1.165) is 15.8 Å². The summed E-state index contributed by atoms with van der Waals surface area (Å²) >= 11 is 3.36. The van der Waals surface area contributed by atoms with Crippen molar-refractivity contribution in [2.45, 2.75) is 0 Å². The van der Waals surface area contributed by atoms with E-state index < -0.39 is 0 Å². The van der Waals surface area contributed by atoms with Gasteiger partial charge in [-0.2, -0.15) is 0 Å². The highest BCUT2D eigenvalue weighted by Gasteiger charge is 2.23. The maximum Gasteiger partial charge on any atom is 0.243 e. The van der Waals surface area contributed by atoms with Crippen molar-refractivity contribution in [2.75, 3.05) is 23.3 Å². The highest BCUT2D eigenvalue weighted by molar-refractivity contribution is 9.10. The lowest BCUT2D eigenvalue weighted by molar-refractivity contribution is -0.115. The minimum Gasteiger partial charge on any atom is -0.353 e. The molecule has 5 heteroatoms. The molecule has 3 rings (SSSR count). The zero-order valence-electron chi connectivity index (χ0n) is 11.2. The Morgan fingerprint density at radius 2 is 2.00 bits per heavy atom. The van der Waals surface area contributed by atoms with Crippen LogP contribution in [0.5, 0.6) is 0 Å². The van der Waals surface area contributed by atoms with E-state index in [4.69, 9.17) is 0 Å².